The second-order valence-corrected chi connectivity index (χ2v) is 10.2. The maximum atomic E-state index is 13.5. The van der Waals surface area contributed by atoms with Crippen molar-refractivity contribution in [1.29, 1.82) is 0 Å². The van der Waals surface area contributed by atoms with Gasteiger partial charge in [-0.05, 0) is 65.7 Å². The zero-order valence-electron chi connectivity index (χ0n) is 23.9. The van der Waals surface area contributed by atoms with Crippen molar-refractivity contribution in [2.45, 2.75) is 12.6 Å². The molecule has 0 bridgehead atoms. The molecule has 0 unspecified atom stereocenters. The predicted octanol–water partition coefficient (Wildman–Crippen LogP) is 3.95. The van der Waals surface area contributed by atoms with E-state index in [2.05, 4.69) is 10.6 Å². The second-order valence-electron chi connectivity index (χ2n) is 10.2. The summed E-state index contributed by atoms with van der Waals surface area (Å²) in [5.74, 6) is -1.21. The molecule has 4 N–H and O–H groups in total. The van der Waals surface area contributed by atoms with Crippen molar-refractivity contribution in [2.75, 3.05) is 31.6 Å². The molecule has 10 heteroatoms. The molecule has 1 saturated heterocycles. The van der Waals surface area contributed by atoms with E-state index < -0.39 is 23.8 Å². The zero-order chi connectivity index (χ0) is 30.9. The number of rotatable bonds is 10. The van der Waals surface area contributed by atoms with Crippen LogP contribution in [-0.4, -0.2) is 54.8 Å². The molecule has 5 rings (SSSR count). The highest BCUT2D eigenvalue weighted by Gasteiger charge is 2.25. The number of nitrogens with zero attached hydrogens (tertiary/aromatic N) is 1. The van der Waals surface area contributed by atoms with Gasteiger partial charge in [0.05, 0.1) is 13.2 Å². The number of carbonyl (C=O) groups excluding carboxylic acids is 4. The second kappa shape index (κ2) is 14.1. The highest BCUT2D eigenvalue weighted by molar-refractivity contribution is 6.03. The molecular weight excluding hydrogens is 560 g/mol. The topological polar surface area (TPSA) is 140 Å². The molecule has 0 aromatic heterocycles. The van der Waals surface area contributed by atoms with E-state index in [0.29, 0.717) is 55.5 Å². The molecule has 4 aromatic carbocycles. The van der Waals surface area contributed by atoms with Gasteiger partial charge in [-0.25, -0.2) is 0 Å². The van der Waals surface area contributed by atoms with E-state index in [1.165, 1.54) is 6.07 Å². The van der Waals surface area contributed by atoms with Crippen molar-refractivity contribution in [2.24, 2.45) is 5.73 Å². The van der Waals surface area contributed by atoms with Gasteiger partial charge in [0.2, 0.25) is 5.91 Å². The summed E-state index contributed by atoms with van der Waals surface area (Å²) < 4.78 is 11.2. The van der Waals surface area contributed by atoms with Crippen LogP contribution < -0.4 is 21.1 Å². The van der Waals surface area contributed by atoms with Gasteiger partial charge in [-0.15, -0.1) is 0 Å². The third-order valence-corrected chi connectivity index (χ3v) is 7.11. The first kappa shape index (κ1) is 30.0. The number of hydrogen-bond donors (Lipinski definition) is 3. The van der Waals surface area contributed by atoms with Crippen LogP contribution in [0, 0.1) is 0 Å². The van der Waals surface area contributed by atoms with E-state index in [0.717, 1.165) is 5.56 Å². The molecule has 1 heterocycles. The number of hydrogen-bond acceptors (Lipinski definition) is 6. The Balaban J connectivity index is 1.33. The van der Waals surface area contributed by atoms with Gasteiger partial charge < -0.3 is 30.7 Å². The van der Waals surface area contributed by atoms with Crippen molar-refractivity contribution < 1.29 is 28.7 Å². The lowest BCUT2D eigenvalue weighted by Crippen LogP contribution is -2.40. The molecular formula is C34H32N4O6. The Bertz CT molecular complexity index is 1620. The molecule has 0 radical (unpaired) electrons. The molecule has 1 aliphatic rings. The Labute approximate surface area is 254 Å². The largest absolute Gasteiger partial charge is 0.489 e. The molecule has 0 aliphatic carbocycles. The fourth-order valence-electron chi connectivity index (χ4n) is 4.69. The molecule has 4 aromatic rings. The smallest absolute Gasteiger partial charge is 0.254 e. The highest BCUT2D eigenvalue weighted by Crippen LogP contribution is 2.22. The van der Waals surface area contributed by atoms with Gasteiger partial charge in [-0.1, -0.05) is 48.5 Å². The quantitative estimate of drug-likeness (QED) is 0.255. The first-order valence-corrected chi connectivity index (χ1v) is 14.1. The van der Waals surface area contributed by atoms with Crippen molar-refractivity contribution in [1.82, 2.24) is 10.2 Å². The van der Waals surface area contributed by atoms with Crippen molar-refractivity contribution in [3.05, 3.63) is 131 Å². The van der Waals surface area contributed by atoms with Crippen LogP contribution in [-0.2, 0) is 16.1 Å². The first-order chi connectivity index (χ1) is 21.4. The van der Waals surface area contributed by atoms with E-state index in [4.69, 9.17) is 15.2 Å². The lowest BCUT2D eigenvalue weighted by molar-refractivity contribution is -0.118. The predicted molar refractivity (Wildman–Crippen MR) is 164 cm³/mol. The Morgan fingerprint density at radius 3 is 2.16 bits per heavy atom. The van der Waals surface area contributed by atoms with Crippen LogP contribution in [0.2, 0.25) is 0 Å². The third kappa shape index (κ3) is 7.67. The summed E-state index contributed by atoms with van der Waals surface area (Å²) in [5.41, 5.74) is 8.22. The minimum Gasteiger partial charge on any atom is -0.489 e. The van der Waals surface area contributed by atoms with Gasteiger partial charge in [-0.2, -0.15) is 0 Å². The maximum Gasteiger partial charge on any atom is 0.254 e. The van der Waals surface area contributed by atoms with Crippen LogP contribution in [0.3, 0.4) is 0 Å². The minimum atomic E-state index is -1.10. The van der Waals surface area contributed by atoms with Crippen LogP contribution in [0.5, 0.6) is 5.75 Å². The van der Waals surface area contributed by atoms with E-state index in [9.17, 15) is 19.2 Å². The Morgan fingerprint density at radius 2 is 1.48 bits per heavy atom. The Morgan fingerprint density at radius 1 is 0.795 bits per heavy atom. The third-order valence-electron chi connectivity index (χ3n) is 7.11. The number of nitrogens with one attached hydrogen (secondary N) is 2. The number of anilines is 1. The highest BCUT2D eigenvalue weighted by atomic mass is 16.5. The van der Waals surface area contributed by atoms with Crippen molar-refractivity contribution >= 4 is 29.3 Å². The Hall–Kier alpha value is -5.48. The van der Waals surface area contributed by atoms with Gasteiger partial charge in [0, 0.05) is 35.5 Å². The number of nitrogens with two attached hydrogens (primary N) is 1. The van der Waals surface area contributed by atoms with Crippen LogP contribution >= 0.6 is 0 Å². The standard InChI is InChI=1S/C34H32N4O6/c35-31(39)27-7-4-8-28(21-27)36-33(41)30(24-13-15-29(16-14-24)44-22-23-5-2-1-3-6-23)37-32(40)25-9-11-26(12-10-25)34(42)38-17-19-43-20-18-38/h1-16,21,30H,17-20,22H2,(H2,35,39)(H,36,41)(H,37,40)/t30-/m0/s1. The van der Waals surface area contributed by atoms with E-state index in [1.807, 2.05) is 30.3 Å². The molecule has 0 saturated carbocycles. The van der Waals surface area contributed by atoms with Gasteiger partial charge in [0.15, 0.2) is 0 Å². The summed E-state index contributed by atoms with van der Waals surface area (Å²) in [7, 11) is 0. The van der Waals surface area contributed by atoms with Crippen LogP contribution in [0.25, 0.3) is 0 Å². The van der Waals surface area contributed by atoms with Gasteiger partial charge >= 0.3 is 0 Å². The molecule has 1 fully saturated rings. The molecule has 4 amide bonds. The lowest BCUT2D eigenvalue weighted by atomic mass is 10.0. The summed E-state index contributed by atoms with van der Waals surface area (Å²) in [5, 5.41) is 5.56. The van der Waals surface area contributed by atoms with Crippen LogP contribution in [0.1, 0.15) is 48.2 Å². The van der Waals surface area contributed by atoms with Gasteiger partial charge in [0.25, 0.3) is 17.7 Å². The average Bonchev–Trinajstić information content (AvgIpc) is 3.07. The molecule has 0 spiro atoms. The zero-order valence-corrected chi connectivity index (χ0v) is 23.9. The fraction of sp³-hybridized carbons (Fsp3) is 0.176. The SMILES string of the molecule is NC(=O)c1cccc(NC(=O)[C@@H](NC(=O)c2ccc(C(=O)N3CCOCC3)cc2)c2ccc(OCc3ccccc3)cc2)c1. The van der Waals surface area contributed by atoms with E-state index >= 15 is 0 Å². The molecule has 224 valence electrons. The maximum absolute atomic E-state index is 13.5. The number of amides is 4. The van der Waals surface area contributed by atoms with E-state index in [-0.39, 0.29) is 17.0 Å². The summed E-state index contributed by atoms with van der Waals surface area (Å²) in [4.78, 5) is 53.0. The number of primary amides is 1. The first-order valence-electron chi connectivity index (χ1n) is 14.1. The van der Waals surface area contributed by atoms with Crippen LogP contribution in [0.4, 0.5) is 5.69 Å². The summed E-state index contributed by atoms with van der Waals surface area (Å²) in [6, 6.07) is 28.0. The fourth-order valence-corrected chi connectivity index (χ4v) is 4.69. The lowest BCUT2D eigenvalue weighted by Gasteiger charge is -2.26. The summed E-state index contributed by atoms with van der Waals surface area (Å²) >= 11 is 0. The number of ether oxygens (including phenoxy) is 2. The minimum absolute atomic E-state index is 0.134. The molecule has 10 nitrogen and oxygen atoms in total. The number of benzene rings is 4. The number of morpholine rings is 1. The monoisotopic (exact) mass is 592 g/mol. The van der Waals surface area contributed by atoms with Gasteiger partial charge in [0.1, 0.15) is 18.4 Å². The molecule has 1 atom stereocenters. The molecule has 44 heavy (non-hydrogen) atoms. The van der Waals surface area contributed by atoms with Crippen LogP contribution in [0.15, 0.2) is 103 Å². The summed E-state index contributed by atoms with van der Waals surface area (Å²) in [6.07, 6.45) is 0. The van der Waals surface area contributed by atoms with Gasteiger partial charge in [-0.3, -0.25) is 19.2 Å². The summed E-state index contributed by atoms with van der Waals surface area (Å²) in [6.45, 7) is 2.37. The Kier molecular flexibility index (Phi) is 9.63. The average molecular weight is 593 g/mol. The molecule has 1 aliphatic heterocycles. The van der Waals surface area contributed by atoms with E-state index in [1.54, 1.807) is 71.6 Å². The number of carbonyl (C=O) groups is 4. The van der Waals surface area contributed by atoms with Crippen molar-refractivity contribution in [3.63, 3.8) is 0 Å². The normalized spacial score (nSPS) is 13.4. The van der Waals surface area contributed by atoms with Crippen molar-refractivity contribution in [3.8, 4) is 5.75 Å².